The third-order valence-electron chi connectivity index (χ3n) is 4.78. The van der Waals surface area contributed by atoms with Crippen LogP contribution in [-0.2, 0) is 16.0 Å². The summed E-state index contributed by atoms with van der Waals surface area (Å²) in [4.78, 5) is 26.8. The molecule has 1 heterocycles. The van der Waals surface area contributed by atoms with E-state index in [-0.39, 0.29) is 17.7 Å². The van der Waals surface area contributed by atoms with Crippen LogP contribution in [0.1, 0.15) is 43.7 Å². The van der Waals surface area contributed by atoms with Gasteiger partial charge in [0.1, 0.15) is 5.54 Å². The summed E-state index contributed by atoms with van der Waals surface area (Å²) in [6.07, 6.45) is 2.96. The average molecular weight is 286 g/mol. The highest BCUT2D eigenvalue weighted by Gasteiger charge is 2.43. The molecule has 1 fully saturated rings. The Morgan fingerprint density at radius 2 is 2.10 bits per heavy atom. The summed E-state index contributed by atoms with van der Waals surface area (Å²) in [7, 11) is 0. The first-order chi connectivity index (χ1) is 10.0. The molecule has 1 unspecified atom stereocenters. The van der Waals surface area contributed by atoms with Crippen molar-refractivity contribution in [3.63, 3.8) is 0 Å². The third kappa shape index (κ3) is 2.33. The Hall–Kier alpha value is -1.84. The minimum absolute atomic E-state index is 0.0637. The molecule has 3 rings (SSSR count). The van der Waals surface area contributed by atoms with E-state index in [1.54, 1.807) is 4.90 Å². The van der Waals surface area contributed by atoms with Gasteiger partial charge in [-0.3, -0.25) is 9.59 Å². The van der Waals surface area contributed by atoms with Crippen LogP contribution in [0.5, 0.6) is 0 Å². The minimum Gasteiger partial charge on any atom is -0.352 e. The zero-order valence-electron chi connectivity index (χ0n) is 12.7. The molecule has 1 aromatic rings. The van der Waals surface area contributed by atoms with Gasteiger partial charge < -0.3 is 10.2 Å². The molecule has 0 radical (unpaired) electrons. The predicted octanol–water partition coefficient (Wildman–Crippen LogP) is 1.84. The van der Waals surface area contributed by atoms with Gasteiger partial charge in [-0.15, -0.1) is 0 Å². The van der Waals surface area contributed by atoms with Crippen LogP contribution in [0.25, 0.3) is 0 Å². The largest absolute Gasteiger partial charge is 0.352 e. The van der Waals surface area contributed by atoms with Gasteiger partial charge in [0.15, 0.2) is 0 Å². The molecule has 2 aliphatic rings. The van der Waals surface area contributed by atoms with Crippen LogP contribution in [0.3, 0.4) is 0 Å². The molecular weight excluding hydrogens is 264 g/mol. The van der Waals surface area contributed by atoms with E-state index in [1.165, 1.54) is 5.56 Å². The maximum atomic E-state index is 13.0. The topological polar surface area (TPSA) is 49.4 Å². The molecule has 4 nitrogen and oxygen atoms in total. The van der Waals surface area contributed by atoms with Gasteiger partial charge in [-0.1, -0.05) is 24.3 Å². The number of amides is 2. The van der Waals surface area contributed by atoms with Crippen LogP contribution < -0.4 is 5.32 Å². The van der Waals surface area contributed by atoms with E-state index >= 15 is 0 Å². The maximum Gasteiger partial charge on any atom is 0.245 e. The highest BCUT2D eigenvalue weighted by molar-refractivity contribution is 5.94. The fourth-order valence-electron chi connectivity index (χ4n) is 3.48. The van der Waals surface area contributed by atoms with Gasteiger partial charge in [-0.25, -0.2) is 0 Å². The van der Waals surface area contributed by atoms with Crippen molar-refractivity contribution < 1.29 is 9.59 Å². The Balaban J connectivity index is 1.91. The number of piperazine rings is 1. The molecule has 1 atom stereocenters. The Bertz CT molecular complexity index is 580. The molecule has 1 saturated heterocycles. The van der Waals surface area contributed by atoms with Crippen molar-refractivity contribution in [2.24, 2.45) is 0 Å². The average Bonchev–Trinajstić information content (AvgIpc) is 2.49. The summed E-state index contributed by atoms with van der Waals surface area (Å²) in [6.45, 7) is 4.79. The lowest BCUT2D eigenvalue weighted by atomic mass is 9.81. The van der Waals surface area contributed by atoms with Gasteiger partial charge >= 0.3 is 0 Å². The van der Waals surface area contributed by atoms with Crippen molar-refractivity contribution in [2.75, 3.05) is 13.1 Å². The molecule has 2 amide bonds. The van der Waals surface area contributed by atoms with Crippen molar-refractivity contribution in [3.05, 3.63) is 35.4 Å². The normalized spacial score (nSPS) is 24.2. The Morgan fingerprint density at radius 1 is 1.33 bits per heavy atom. The van der Waals surface area contributed by atoms with E-state index in [1.807, 2.05) is 26.0 Å². The minimum atomic E-state index is -0.762. The number of nitrogens with zero attached hydrogens (tertiary/aromatic N) is 1. The van der Waals surface area contributed by atoms with Crippen molar-refractivity contribution in [2.45, 2.75) is 44.6 Å². The molecule has 0 saturated carbocycles. The van der Waals surface area contributed by atoms with Gasteiger partial charge in [0.25, 0.3) is 0 Å². The number of aryl methyl sites for hydroxylation is 1. The number of carbonyl (C=O) groups excluding carboxylic acids is 2. The Labute approximate surface area is 125 Å². The molecule has 0 aromatic heterocycles. The van der Waals surface area contributed by atoms with Crippen molar-refractivity contribution in [1.29, 1.82) is 0 Å². The Kier molecular flexibility index (Phi) is 3.47. The van der Waals surface area contributed by atoms with Crippen LogP contribution >= 0.6 is 0 Å². The summed E-state index contributed by atoms with van der Waals surface area (Å²) in [5.41, 5.74) is 1.67. The number of benzene rings is 1. The third-order valence-corrected chi connectivity index (χ3v) is 4.78. The molecular formula is C17H22N2O2. The molecule has 112 valence electrons. The summed E-state index contributed by atoms with van der Waals surface area (Å²) in [6, 6.07) is 8.21. The molecule has 1 aliphatic carbocycles. The van der Waals surface area contributed by atoms with E-state index < -0.39 is 5.54 Å². The SMILES string of the molecule is CC1(C)C(=O)NCCN1C(=O)C1CCCc2ccccc21. The molecule has 0 bridgehead atoms. The van der Waals surface area contributed by atoms with Crippen LogP contribution in [0.15, 0.2) is 24.3 Å². The van der Waals surface area contributed by atoms with E-state index in [9.17, 15) is 9.59 Å². The van der Waals surface area contributed by atoms with Crippen LogP contribution in [0.4, 0.5) is 0 Å². The predicted molar refractivity (Wildman–Crippen MR) is 80.9 cm³/mol. The van der Waals surface area contributed by atoms with E-state index in [0.29, 0.717) is 13.1 Å². The van der Waals surface area contributed by atoms with Crippen LogP contribution in [0.2, 0.25) is 0 Å². The summed E-state index contributed by atoms with van der Waals surface area (Å²) < 4.78 is 0. The molecule has 0 spiro atoms. The highest BCUT2D eigenvalue weighted by atomic mass is 16.2. The highest BCUT2D eigenvalue weighted by Crippen LogP contribution is 2.34. The first kappa shape index (κ1) is 14.1. The lowest BCUT2D eigenvalue weighted by Gasteiger charge is -2.43. The number of rotatable bonds is 1. The standard InChI is InChI=1S/C17H22N2O2/c1-17(2)16(21)18-10-11-19(17)15(20)14-9-5-7-12-6-3-4-8-13(12)14/h3-4,6,8,14H,5,7,9-11H2,1-2H3,(H,18,21). The zero-order chi connectivity index (χ0) is 15.0. The van der Waals surface area contributed by atoms with Gasteiger partial charge in [0.05, 0.1) is 5.92 Å². The first-order valence-electron chi connectivity index (χ1n) is 7.69. The van der Waals surface area contributed by atoms with E-state index in [2.05, 4.69) is 17.4 Å². The van der Waals surface area contributed by atoms with E-state index in [0.717, 1.165) is 24.8 Å². The van der Waals surface area contributed by atoms with Gasteiger partial charge in [0.2, 0.25) is 11.8 Å². The number of fused-ring (bicyclic) bond motifs is 1. The van der Waals surface area contributed by atoms with Crippen molar-refractivity contribution in [1.82, 2.24) is 10.2 Å². The monoisotopic (exact) mass is 286 g/mol. The molecule has 1 aromatic carbocycles. The molecule has 21 heavy (non-hydrogen) atoms. The van der Waals surface area contributed by atoms with Gasteiger partial charge in [0, 0.05) is 13.1 Å². The second kappa shape index (κ2) is 5.17. The lowest BCUT2D eigenvalue weighted by Crippen LogP contribution is -2.64. The van der Waals surface area contributed by atoms with Gasteiger partial charge in [-0.05, 0) is 44.2 Å². The lowest BCUT2D eigenvalue weighted by molar-refractivity contribution is -0.150. The van der Waals surface area contributed by atoms with Crippen molar-refractivity contribution in [3.8, 4) is 0 Å². The first-order valence-corrected chi connectivity index (χ1v) is 7.69. The molecule has 1 N–H and O–H groups in total. The summed E-state index contributed by atoms with van der Waals surface area (Å²) in [5.74, 6) is -0.0617. The van der Waals surface area contributed by atoms with Crippen LogP contribution in [-0.4, -0.2) is 35.3 Å². The fraction of sp³-hybridized carbons (Fsp3) is 0.529. The smallest absolute Gasteiger partial charge is 0.245 e. The second-order valence-corrected chi connectivity index (χ2v) is 6.45. The second-order valence-electron chi connectivity index (χ2n) is 6.45. The number of hydrogen-bond donors (Lipinski definition) is 1. The van der Waals surface area contributed by atoms with Crippen molar-refractivity contribution >= 4 is 11.8 Å². The summed E-state index contributed by atoms with van der Waals surface area (Å²) >= 11 is 0. The molecule has 4 heteroatoms. The van der Waals surface area contributed by atoms with E-state index in [4.69, 9.17) is 0 Å². The number of carbonyl (C=O) groups is 2. The Morgan fingerprint density at radius 3 is 2.90 bits per heavy atom. The maximum absolute atomic E-state index is 13.0. The quantitative estimate of drug-likeness (QED) is 0.856. The number of hydrogen-bond acceptors (Lipinski definition) is 2. The number of nitrogens with one attached hydrogen (secondary N) is 1. The van der Waals surface area contributed by atoms with Gasteiger partial charge in [-0.2, -0.15) is 0 Å². The fourth-order valence-corrected chi connectivity index (χ4v) is 3.48. The molecule has 1 aliphatic heterocycles. The summed E-state index contributed by atoms with van der Waals surface area (Å²) in [5, 5.41) is 2.85. The van der Waals surface area contributed by atoms with Crippen LogP contribution in [0, 0.1) is 0 Å². The zero-order valence-corrected chi connectivity index (χ0v) is 12.7.